The summed E-state index contributed by atoms with van der Waals surface area (Å²) in [4.78, 5) is 0. The van der Waals surface area contributed by atoms with Crippen LogP contribution in [-0.2, 0) is 12.8 Å². The molecule has 0 saturated heterocycles. The van der Waals surface area contributed by atoms with Gasteiger partial charge in [-0.25, -0.2) is 0 Å². The quantitative estimate of drug-likeness (QED) is 0.142. The Morgan fingerprint density at radius 2 is 1.09 bits per heavy atom. The number of nitrogens with two attached hydrogens (primary N) is 2. The minimum absolute atomic E-state index is 0.0288. The highest BCUT2D eigenvalue weighted by Crippen LogP contribution is 2.33. The first-order valence-corrected chi connectivity index (χ1v) is 12.0. The molecule has 0 unspecified atom stereocenters. The number of hydrogen-bond acceptors (Lipinski definition) is 3. The fourth-order valence-electron chi connectivity index (χ4n) is 4.15. The van der Waals surface area contributed by atoms with E-state index < -0.39 is 0 Å². The van der Waals surface area contributed by atoms with Crippen molar-refractivity contribution in [2.24, 2.45) is 11.5 Å². The molecule has 0 spiro atoms. The predicted octanol–water partition coefficient (Wildman–Crippen LogP) is 6.65. The summed E-state index contributed by atoms with van der Waals surface area (Å²) in [5, 5.41) is 16.2. The molecule has 3 rings (SSSR count). The third kappa shape index (κ3) is 6.13. The topological polar surface area (TPSA) is 113 Å². The molecule has 3 aromatic rings. The summed E-state index contributed by atoms with van der Waals surface area (Å²) in [5.74, 6) is 1.36. The highest BCUT2D eigenvalue weighted by atomic mass is 16.3. The lowest BCUT2D eigenvalue weighted by molar-refractivity contribution is 0.597. The predicted molar refractivity (Wildman–Crippen MR) is 138 cm³/mol. The van der Waals surface area contributed by atoms with Gasteiger partial charge in [-0.05, 0) is 61.1 Å². The number of amidine groups is 2. The van der Waals surface area contributed by atoms with E-state index in [1.807, 2.05) is 36.4 Å². The number of nitrogens with one attached hydrogen (secondary N) is 2. The first-order chi connectivity index (χ1) is 15.9. The van der Waals surface area contributed by atoms with Gasteiger partial charge in [0.25, 0.3) is 0 Å². The molecular weight excluding hydrogens is 408 g/mol. The van der Waals surface area contributed by atoms with Gasteiger partial charge < -0.3 is 15.9 Å². The zero-order chi connectivity index (χ0) is 23.8. The summed E-state index contributed by atoms with van der Waals surface area (Å²) in [7, 11) is 0. The smallest absolute Gasteiger partial charge is 0.135 e. The normalized spacial score (nSPS) is 11.0. The van der Waals surface area contributed by atoms with Crippen LogP contribution in [0.2, 0.25) is 0 Å². The second kappa shape index (κ2) is 11.5. The number of aryl methyl sites for hydroxylation is 2. The van der Waals surface area contributed by atoms with Gasteiger partial charge in [0.2, 0.25) is 0 Å². The van der Waals surface area contributed by atoms with E-state index in [4.69, 9.17) is 26.7 Å². The number of unbranched alkanes of at least 4 members (excludes halogenated alkanes) is 4. The van der Waals surface area contributed by atoms with Crippen molar-refractivity contribution in [3.05, 3.63) is 70.8 Å². The molecule has 5 heteroatoms. The molecule has 0 fully saturated rings. The highest BCUT2D eigenvalue weighted by Gasteiger charge is 2.16. The van der Waals surface area contributed by atoms with Crippen molar-refractivity contribution in [3.63, 3.8) is 0 Å². The summed E-state index contributed by atoms with van der Waals surface area (Å²) in [6, 6.07) is 16.0. The number of hydrogen-bond donors (Lipinski definition) is 4. The molecule has 0 aliphatic heterocycles. The van der Waals surface area contributed by atoms with Crippen LogP contribution in [0.15, 0.2) is 52.9 Å². The first kappa shape index (κ1) is 24.3. The summed E-state index contributed by atoms with van der Waals surface area (Å²) in [6.07, 6.45) is 8.93. The molecule has 0 amide bonds. The van der Waals surface area contributed by atoms with E-state index in [0.29, 0.717) is 22.6 Å². The van der Waals surface area contributed by atoms with Crippen molar-refractivity contribution in [2.75, 3.05) is 0 Å². The molecule has 1 aromatic heterocycles. The van der Waals surface area contributed by atoms with Crippen molar-refractivity contribution < 1.29 is 4.42 Å². The van der Waals surface area contributed by atoms with Crippen molar-refractivity contribution in [3.8, 4) is 22.6 Å². The van der Waals surface area contributed by atoms with Gasteiger partial charge in [0, 0.05) is 22.3 Å². The van der Waals surface area contributed by atoms with Gasteiger partial charge in [-0.1, -0.05) is 63.8 Å². The number of benzene rings is 2. The summed E-state index contributed by atoms with van der Waals surface area (Å²) in [5.41, 5.74) is 17.2. The van der Waals surface area contributed by atoms with Crippen molar-refractivity contribution >= 4 is 11.7 Å². The monoisotopic (exact) mass is 444 g/mol. The lowest BCUT2D eigenvalue weighted by Crippen LogP contribution is -2.13. The van der Waals surface area contributed by atoms with E-state index in [1.54, 1.807) is 0 Å². The third-order valence-corrected chi connectivity index (χ3v) is 6.02. The highest BCUT2D eigenvalue weighted by molar-refractivity contribution is 6.02. The molecular formula is C28H36N4O. The fourth-order valence-corrected chi connectivity index (χ4v) is 4.15. The minimum atomic E-state index is 0.0288. The maximum absolute atomic E-state index is 8.08. The largest absolute Gasteiger partial charge is 0.456 e. The fraction of sp³-hybridized carbons (Fsp3) is 0.357. The van der Waals surface area contributed by atoms with Crippen LogP contribution in [0.4, 0.5) is 0 Å². The Labute approximate surface area is 197 Å². The molecule has 174 valence electrons. The summed E-state index contributed by atoms with van der Waals surface area (Å²) in [6.45, 7) is 4.38. The Kier molecular flexibility index (Phi) is 8.47. The maximum atomic E-state index is 8.08. The number of furan rings is 1. The standard InChI is InChI=1S/C28H36N4O/c1-3-5-7-9-19-11-13-21(23(17-19)27(29)30)25-15-16-26(33-25)22-14-12-20(10-8-6-4-2)18-24(22)28(31)32/h11-18H,3-10H2,1-2H3,(H3,29,30)(H3,31,32). The molecule has 6 N–H and O–H groups in total. The van der Waals surface area contributed by atoms with Crippen LogP contribution in [-0.4, -0.2) is 11.7 Å². The van der Waals surface area contributed by atoms with E-state index in [9.17, 15) is 0 Å². The van der Waals surface area contributed by atoms with Gasteiger partial charge in [0.05, 0.1) is 0 Å². The average molecular weight is 445 g/mol. The Morgan fingerprint density at radius 3 is 1.45 bits per heavy atom. The van der Waals surface area contributed by atoms with Crippen LogP contribution in [0.1, 0.15) is 74.6 Å². The first-order valence-electron chi connectivity index (χ1n) is 12.0. The lowest BCUT2D eigenvalue weighted by atomic mass is 9.98. The number of nitrogen functional groups attached to an aromatic ring is 2. The van der Waals surface area contributed by atoms with Crippen molar-refractivity contribution in [1.82, 2.24) is 0 Å². The zero-order valence-corrected chi connectivity index (χ0v) is 19.8. The van der Waals surface area contributed by atoms with Gasteiger partial charge in [0.1, 0.15) is 23.2 Å². The molecule has 0 saturated carbocycles. The number of rotatable bonds is 12. The molecule has 0 aliphatic carbocycles. The molecule has 5 nitrogen and oxygen atoms in total. The van der Waals surface area contributed by atoms with Gasteiger partial charge in [-0.2, -0.15) is 0 Å². The lowest BCUT2D eigenvalue weighted by Gasteiger charge is -2.11. The summed E-state index contributed by atoms with van der Waals surface area (Å²) < 4.78 is 6.21. The van der Waals surface area contributed by atoms with E-state index in [0.717, 1.165) is 36.8 Å². The van der Waals surface area contributed by atoms with Crippen LogP contribution in [0, 0.1) is 10.8 Å². The average Bonchev–Trinajstić information content (AvgIpc) is 3.29. The van der Waals surface area contributed by atoms with E-state index in [1.165, 1.54) is 36.8 Å². The molecule has 0 bridgehead atoms. The van der Waals surface area contributed by atoms with Gasteiger partial charge in [0.15, 0.2) is 0 Å². The molecule has 0 aliphatic rings. The summed E-state index contributed by atoms with van der Waals surface area (Å²) >= 11 is 0. The second-order valence-electron chi connectivity index (χ2n) is 8.67. The maximum Gasteiger partial charge on any atom is 0.135 e. The van der Waals surface area contributed by atoms with E-state index >= 15 is 0 Å². The Balaban J connectivity index is 1.92. The Hall–Kier alpha value is -3.34. The molecule has 0 radical (unpaired) electrons. The van der Waals surface area contributed by atoms with Gasteiger partial charge in [-0.15, -0.1) is 0 Å². The Bertz CT molecular complexity index is 1030. The molecule has 1 heterocycles. The Morgan fingerprint density at radius 1 is 0.667 bits per heavy atom. The third-order valence-electron chi connectivity index (χ3n) is 6.02. The van der Waals surface area contributed by atoms with E-state index in [-0.39, 0.29) is 11.7 Å². The van der Waals surface area contributed by atoms with Gasteiger partial charge >= 0.3 is 0 Å². The SMILES string of the molecule is CCCCCc1ccc(-c2ccc(-c3ccc(CCCCC)cc3C(=N)N)o2)c(C(=N)N)c1. The van der Waals surface area contributed by atoms with Crippen LogP contribution in [0.25, 0.3) is 22.6 Å². The second-order valence-corrected chi connectivity index (χ2v) is 8.67. The van der Waals surface area contributed by atoms with Crippen LogP contribution in [0.3, 0.4) is 0 Å². The van der Waals surface area contributed by atoms with Crippen LogP contribution < -0.4 is 11.5 Å². The van der Waals surface area contributed by atoms with Crippen molar-refractivity contribution in [2.45, 2.75) is 65.2 Å². The minimum Gasteiger partial charge on any atom is -0.456 e. The molecule has 0 atom stereocenters. The van der Waals surface area contributed by atoms with Crippen LogP contribution in [0.5, 0.6) is 0 Å². The molecule has 2 aromatic carbocycles. The van der Waals surface area contributed by atoms with Gasteiger partial charge in [-0.3, -0.25) is 10.8 Å². The zero-order valence-electron chi connectivity index (χ0n) is 19.8. The molecule has 33 heavy (non-hydrogen) atoms. The van der Waals surface area contributed by atoms with Crippen LogP contribution >= 0.6 is 0 Å². The van der Waals surface area contributed by atoms with E-state index in [2.05, 4.69) is 26.0 Å². The van der Waals surface area contributed by atoms with Crippen molar-refractivity contribution in [1.29, 1.82) is 10.8 Å².